The zero-order valence-corrected chi connectivity index (χ0v) is 13.1. The first-order valence-electron chi connectivity index (χ1n) is 7.59. The van der Waals surface area contributed by atoms with Gasteiger partial charge < -0.3 is 9.73 Å². The molecule has 0 radical (unpaired) electrons. The second-order valence-electron chi connectivity index (χ2n) is 5.60. The molecule has 4 heteroatoms. The minimum absolute atomic E-state index is 0.768. The highest BCUT2D eigenvalue weighted by Gasteiger charge is 2.17. The topological polar surface area (TPSA) is 42.5 Å². The lowest BCUT2D eigenvalue weighted by molar-refractivity contribution is 0.547. The van der Waals surface area contributed by atoms with Gasteiger partial charge in [-0.3, -0.25) is 4.40 Å². The number of aryl methyl sites for hydroxylation is 2. The van der Waals surface area contributed by atoms with Crippen molar-refractivity contribution >= 4 is 17.2 Å². The number of para-hydroxylation sites is 1. The highest BCUT2D eigenvalue weighted by Crippen LogP contribution is 2.32. The van der Waals surface area contributed by atoms with Crippen molar-refractivity contribution in [2.24, 2.45) is 0 Å². The maximum Gasteiger partial charge on any atom is 0.156 e. The number of nitrogens with one attached hydrogen (secondary N) is 1. The molecule has 0 atom stereocenters. The Morgan fingerprint density at radius 3 is 2.52 bits per heavy atom. The second kappa shape index (κ2) is 5.32. The van der Waals surface area contributed by atoms with Gasteiger partial charge in [-0.15, -0.1) is 0 Å². The molecule has 0 aliphatic carbocycles. The number of imidazole rings is 1. The first-order chi connectivity index (χ1) is 11.2. The van der Waals surface area contributed by atoms with Crippen molar-refractivity contribution in [3.05, 3.63) is 72.1 Å². The molecular weight excluding hydrogens is 286 g/mol. The maximum atomic E-state index is 5.80. The molecule has 0 spiro atoms. The molecule has 1 aromatic carbocycles. The second-order valence-corrected chi connectivity index (χ2v) is 5.60. The van der Waals surface area contributed by atoms with Crippen LogP contribution in [-0.4, -0.2) is 9.38 Å². The van der Waals surface area contributed by atoms with E-state index in [-0.39, 0.29) is 0 Å². The SMILES string of the molecule is Cc1ccc(-c2nc3c(C)cccn3c2Nc2ccccc2)o1. The number of fused-ring (bicyclic) bond motifs is 1. The molecule has 4 nitrogen and oxygen atoms in total. The number of benzene rings is 1. The number of furan rings is 1. The third-order valence-corrected chi connectivity index (χ3v) is 3.86. The van der Waals surface area contributed by atoms with Crippen molar-refractivity contribution in [3.8, 4) is 11.5 Å². The molecule has 0 aliphatic rings. The summed E-state index contributed by atoms with van der Waals surface area (Å²) in [7, 11) is 0. The molecule has 0 saturated carbocycles. The van der Waals surface area contributed by atoms with Gasteiger partial charge in [-0.25, -0.2) is 4.98 Å². The molecule has 0 saturated heterocycles. The smallest absolute Gasteiger partial charge is 0.156 e. The van der Waals surface area contributed by atoms with Gasteiger partial charge in [0.25, 0.3) is 0 Å². The monoisotopic (exact) mass is 303 g/mol. The van der Waals surface area contributed by atoms with Crippen LogP contribution < -0.4 is 5.32 Å². The Bertz CT molecular complexity index is 967. The molecule has 0 fully saturated rings. The van der Waals surface area contributed by atoms with Gasteiger partial charge in [0, 0.05) is 11.9 Å². The lowest BCUT2D eigenvalue weighted by atomic mass is 10.3. The molecule has 1 N–H and O–H groups in total. The van der Waals surface area contributed by atoms with Crippen molar-refractivity contribution in [2.75, 3.05) is 5.32 Å². The largest absolute Gasteiger partial charge is 0.460 e. The van der Waals surface area contributed by atoms with Gasteiger partial charge >= 0.3 is 0 Å². The van der Waals surface area contributed by atoms with E-state index < -0.39 is 0 Å². The number of rotatable bonds is 3. The van der Waals surface area contributed by atoms with Crippen LogP contribution in [0.15, 0.2) is 65.2 Å². The van der Waals surface area contributed by atoms with Gasteiger partial charge in [-0.1, -0.05) is 24.3 Å². The van der Waals surface area contributed by atoms with Gasteiger partial charge in [0.15, 0.2) is 5.76 Å². The zero-order valence-electron chi connectivity index (χ0n) is 13.1. The summed E-state index contributed by atoms with van der Waals surface area (Å²) in [6, 6.07) is 18.1. The highest BCUT2D eigenvalue weighted by atomic mass is 16.3. The molecule has 0 amide bonds. The molecule has 23 heavy (non-hydrogen) atoms. The first kappa shape index (κ1) is 13.6. The minimum atomic E-state index is 0.768. The summed E-state index contributed by atoms with van der Waals surface area (Å²) in [5.41, 5.74) is 3.88. The molecule has 114 valence electrons. The van der Waals surface area contributed by atoms with Crippen LogP contribution >= 0.6 is 0 Å². The molecule has 3 aromatic heterocycles. The Kier molecular flexibility index (Phi) is 3.15. The molecule has 0 bridgehead atoms. The van der Waals surface area contributed by atoms with Crippen LogP contribution in [0.2, 0.25) is 0 Å². The minimum Gasteiger partial charge on any atom is -0.460 e. The van der Waals surface area contributed by atoms with Gasteiger partial charge in [-0.05, 0) is 49.7 Å². The third-order valence-electron chi connectivity index (χ3n) is 3.86. The summed E-state index contributed by atoms with van der Waals surface area (Å²) in [6.07, 6.45) is 2.01. The van der Waals surface area contributed by atoms with Crippen molar-refractivity contribution in [1.29, 1.82) is 0 Å². The molecule has 4 rings (SSSR count). The average Bonchev–Trinajstić information content (AvgIpc) is 3.14. The number of aromatic nitrogens is 2. The predicted octanol–water partition coefficient (Wildman–Crippen LogP) is 4.95. The maximum absolute atomic E-state index is 5.80. The van der Waals surface area contributed by atoms with E-state index in [1.54, 1.807) is 0 Å². The molecule has 0 unspecified atom stereocenters. The standard InChI is InChI=1S/C19H17N3O/c1-13-7-6-12-22-18(13)21-17(16-11-10-14(2)23-16)19(22)20-15-8-4-3-5-9-15/h3-12,20H,1-2H3. The lowest BCUT2D eigenvalue weighted by Crippen LogP contribution is -1.96. The van der Waals surface area contributed by atoms with Crippen LogP contribution in [0.3, 0.4) is 0 Å². The molecular formula is C19H17N3O. The van der Waals surface area contributed by atoms with Crippen LogP contribution in [0, 0.1) is 13.8 Å². The molecule has 0 aliphatic heterocycles. The zero-order chi connectivity index (χ0) is 15.8. The van der Waals surface area contributed by atoms with Crippen LogP contribution in [0.4, 0.5) is 11.5 Å². The van der Waals surface area contributed by atoms with E-state index in [4.69, 9.17) is 9.40 Å². The van der Waals surface area contributed by atoms with E-state index in [9.17, 15) is 0 Å². The summed E-state index contributed by atoms with van der Waals surface area (Å²) in [5, 5.41) is 3.47. The third kappa shape index (κ3) is 2.38. The van der Waals surface area contributed by atoms with Crippen molar-refractivity contribution < 1.29 is 4.42 Å². The normalized spacial score (nSPS) is 11.0. The van der Waals surface area contributed by atoms with E-state index in [0.29, 0.717) is 0 Å². The van der Waals surface area contributed by atoms with Crippen LogP contribution in [0.25, 0.3) is 17.1 Å². The summed E-state index contributed by atoms with van der Waals surface area (Å²) in [6.45, 7) is 4.00. The van der Waals surface area contributed by atoms with E-state index in [1.807, 2.05) is 61.7 Å². The highest BCUT2D eigenvalue weighted by molar-refractivity contribution is 5.78. The van der Waals surface area contributed by atoms with Crippen molar-refractivity contribution in [2.45, 2.75) is 13.8 Å². The summed E-state index contributed by atoms with van der Waals surface area (Å²) in [5.74, 6) is 2.55. The summed E-state index contributed by atoms with van der Waals surface area (Å²) >= 11 is 0. The molecule has 3 heterocycles. The van der Waals surface area contributed by atoms with Gasteiger partial charge in [0.2, 0.25) is 0 Å². The fourth-order valence-electron chi connectivity index (χ4n) is 2.72. The van der Waals surface area contributed by atoms with Crippen LogP contribution in [0.5, 0.6) is 0 Å². The van der Waals surface area contributed by atoms with E-state index in [1.165, 1.54) is 0 Å². The van der Waals surface area contributed by atoms with Crippen LogP contribution in [-0.2, 0) is 0 Å². The number of hydrogen-bond donors (Lipinski definition) is 1. The van der Waals surface area contributed by atoms with Gasteiger partial charge in [-0.2, -0.15) is 0 Å². The van der Waals surface area contributed by atoms with Gasteiger partial charge in [0.1, 0.15) is 22.9 Å². The van der Waals surface area contributed by atoms with E-state index in [2.05, 4.69) is 22.7 Å². The Balaban J connectivity index is 1.94. The Morgan fingerprint density at radius 1 is 0.957 bits per heavy atom. The van der Waals surface area contributed by atoms with Crippen LogP contribution in [0.1, 0.15) is 11.3 Å². The van der Waals surface area contributed by atoms with Gasteiger partial charge in [0.05, 0.1) is 0 Å². The quantitative estimate of drug-likeness (QED) is 0.582. The Hall–Kier alpha value is -3.01. The summed E-state index contributed by atoms with van der Waals surface area (Å²) in [4.78, 5) is 4.80. The Labute approximate surface area is 134 Å². The number of anilines is 2. The molecule has 4 aromatic rings. The van der Waals surface area contributed by atoms with E-state index in [0.717, 1.165) is 39.9 Å². The number of hydrogen-bond acceptors (Lipinski definition) is 3. The average molecular weight is 303 g/mol. The fraction of sp³-hybridized carbons (Fsp3) is 0.105. The Morgan fingerprint density at radius 2 is 1.78 bits per heavy atom. The first-order valence-corrected chi connectivity index (χ1v) is 7.59. The van der Waals surface area contributed by atoms with Crippen molar-refractivity contribution in [1.82, 2.24) is 9.38 Å². The summed E-state index contributed by atoms with van der Waals surface area (Å²) < 4.78 is 7.87. The van der Waals surface area contributed by atoms with Crippen molar-refractivity contribution in [3.63, 3.8) is 0 Å². The predicted molar refractivity (Wildman–Crippen MR) is 92.1 cm³/mol. The fourth-order valence-corrected chi connectivity index (χ4v) is 2.72. The number of pyridine rings is 1. The lowest BCUT2D eigenvalue weighted by Gasteiger charge is -2.08. The number of nitrogens with zero attached hydrogens (tertiary/aromatic N) is 2. The van der Waals surface area contributed by atoms with E-state index >= 15 is 0 Å².